The van der Waals surface area contributed by atoms with Gasteiger partial charge in [0.1, 0.15) is 5.75 Å². The molecule has 0 unspecified atom stereocenters. The number of anilines is 1. The lowest BCUT2D eigenvalue weighted by atomic mass is 9.99. The number of ether oxygens (including phenoxy) is 1. The summed E-state index contributed by atoms with van der Waals surface area (Å²) < 4.78 is 33.9. The second kappa shape index (κ2) is 7.60. The number of piperidine rings is 1. The fourth-order valence-electron chi connectivity index (χ4n) is 3.89. The summed E-state index contributed by atoms with van der Waals surface area (Å²) in [5, 5.41) is 5.76. The zero-order valence-corrected chi connectivity index (χ0v) is 17.5. The first-order chi connectivity index (χ1) is 13.8. The minimum atomic E-state index is -3.78. The first-order valence-electron chi connectivity index (χ1n) is 10.2. The molecule has 2 aliphatic heterocycles. The molecule has 1 saturated carbocycles. The first-order valence-corrected chi connectivity index (χ1v) is 11.7. The second-order valence-electron chi connectivity index (χ2n) is 8.10. The minimum Gasteiger partial charge on any atom is -0.478 e. The summed E-state index contributed by atoms with van der Waals surface area (Å²) in [6.45, 7) is 4.11. The van der Waals surface area contributed by atoms with Crippen molar-refractivity contribution < 1.29 is 22.7 Å². The molecule has 1 aromatic rings. The van der Waals surface area contributed by atoms with E-state index in [0.717, 1.165) is 12.8 Å². The van der Waals surface area contributed by atoms with Crippen molar-refractivity contribution >= 4 is 27.5 Å². The van der Waals surface area contributed by atoms with E-state index < -0.39 is 16.1 Å². The van der Waals surface area contributed by atoms with Crippen molar-refractivity contribution in [2.24, 2.45) is 5.92 Å². The van der Waals surface area contributed by atoms with Crippen molar-refractivity contribution in [3.8, 4) is 5.75 Å². The van der Waals surface area contributed by atoms with E-state index >= 15 is 0 Å². The fourth-order valence-corrected chi connectivity index (χ4v) is 5.64. The van der Waals surface area contributed by atoms with Gasteiger partial charge in [0, 0.05) is 25.2 Å². The molecule has 0 radical (unpaired) electrons. The van der Waals surface area contributed by atoms with Crippen molar-refractivity contribution in [2.45, 2.75) is 63.0 Å². The van der Waals surface area contributed by atoms with Gasteiger partial charge in [-0.25, -0.2) is 8.42 Å². The maximum Gasteiger partial charge on any atom is 0.265 e. The molecule has 0 bridgehead atoms. The summed E-state index contributed by atoms with van der Waals surface area (Å²) in [5.74, 6) is -0.236. The van der Waals surface area contributed by atoms with E-state index in [1.807, 2.05) is 6.92 Å². The van der Waals surface area contributed by atoms with Gasteiger partial charge in [0.2, 0.25) is 15.9 Å². The van der Waals surface area contributed by atoms with Crippen LogP contribution in [0, 0.1) is 12.8 Å². The van der Waals surface area contributed by atoms with E-state index in [9.17, 15) is 18.0 Å². The van der Waals surface area contributed by atoms with Crippen LogP contribution in [0.15, 0.2) is 17.0 Å². The average molecular weight is 422 g/mol. The maximum absolute atomic E-state index is 13.4. The van der Waals surface area contributed by atoms with Gasteiger partial charge in [0.25, 0.3) is 5.91 Å². The van der Waals surface area contributed by atoms with Crippen LogP contribution >= 0.6 is 0 Å². The van der Waals surface area contributed by atoms with E-state index in [1.54, 1.807) is 13.0 Å². The van der Waals surface area contributed by atoms with Gasteiger partial charge in [0.15, 0.2) is 6.10 Å². The van der Waals surface area contributed by atoms with Crippen molar-refractivity contribution in [3.63, 3.8) is 0 Å². The van der Waals surface area contributed by atoms with Gasteiger partial charge in [-0.3, -0.25) is 9.59 Å². The third-order valence-electron chi connectivity index (χ3n) is 5.76. The number of benzene rings is 1. The van der Waals surface area contributed by atoms with Gasteiger partial charge >= 0.3 is 0 Å². The molecular formula is C20H27N3O5S. The van der Waals surface area contributed by atoms with Gasteiger partial charge in [0.05, 0.1) is 16.5 Å². The average Bonchev–Trinajstić information content (AvgIpc) is 3.51. The van der Waals surface area contributed by atoms with Crippen LogP contribution in [-0.2, 0) is 19.6 Å². The van der Waals surface area contributed by atoms with Gasteiger partial charge in [-0.2, -0.15) is 4.31 Å². The number of rotatable bonds is 5. The van der Waals surface area contributed by atoms with Crippen molar-refractivity contribution in [2.75, 3.05) is 18.4 Å². The van der Waals surface area contributed by atoms with Crippen molar-refractivity contribution in [1.82, 2.24) is 9.62 Å². The highest BCUT2D eigenvalue weighted by molar-refractivity contribution is 7.89. The molecule has 0 aromatic heterocycles. The summed E-state index contributed by atoms with van der Waals surface area (Å²) >= 11 is 0. The molecule has 2 atom stereocenters. The van der Waals surface area contributed by atoms with E-state index in [1.165, 1.54) is 10.4 Å². The van der Waals surface area contributed by atoms with Gasteiger partial charge in [-0.05, 0) is 50.7 Å². The number of fused-ring (bicyclic) bond motifs is 1. The number of amides is 2. The number of carbonyl (C=O) groups excluding carboxylic acids is 2. The lowest BCUT2D eigenvalue weighted by Crippen LogP contribution is -2.46. The van der Waals surface area contributed by atoms with Crippen LogP contribution in [0.2, 0.25) is 0 Å². The summed E-state index contributed by atoms with van der Waals surface area (Å²) in [5.41, 5.74) is 1.02. The molecule has 1 aliphatic carbocycles. The summed E-state index contributed by atoms with van der Waals surface area (Å²) in [7, 11) is -3.78. The number of nitrogens with zero attached hydrogens (tertiary/aromatic N) is 1. The number of sulfonamides is 1. The Balaban J connectivity index is 1.58. The van der Waals surface area contributed by atoms with Crippen LogP contribution in [0.4, 0.5) is 5.69 Å². The van der Waals surface area contributed by atoms with E-state index in [-0.39, 0.29) is 35.2 Å². The Labute approximate surface area is 171 Å². The summed E-state index contributed by atoms with van der Waals surface area (Å²) in [4.78, 5) is 24.6. The Hall–Kier alpha value is -2.13. The molecule has 2 amide bonds. The zero-order valence-electron chi connectivity index (χ0n) is 16.7. The Kier molecular flexibility index (Phi) is 5.29. The smallest absolute Gasteiger partial charge is 0.265 e. The van der Waals surface area contributed by atoms with Gasteiger partial charge in [-0.1, -0.05) is 6.92 Å². The summed E-state index contributed by atoms with van der Waals surface area (Å²) in [6.07, 6.45) is 3.21. The molecule has 4 rings (SSSR count). The SMILES string of the molecule is CC[C@H]1Oc2cc(S(=O)(=O)N3CCC[C@@H](C(=O)NC4CC4)C3)c(C)cc2NC1=O. The highest BCUT2D eigenvalue weighted by Gasteiger charge is 2.37. The molecule has 158 valence electrons. The largest absolute Gasteiger partial charge is 0.478 e. The molecule has 9 heteroatoms. The van der Waals surface area contributed by atoms with Crippen molar-refractivity contribution in [3.05, 3.63) is 17.7 Å². The van der Waals surface area contributed by atoms with Crippen LogP contribution in [0.5, 0.6) is 5.75 Å². The van der Waals surface area contributed by atoms with Gasteiger partial charge < -0.3 is 15.4 Å². The van der Waals surface area contributed by atoms with Crippen LogP contribution in [0.1, 0.15) is 44.6 Å². The third-order valence-corrected chi connectivity index (χ3v) is 7.77. The molecule has 2 fully saturated rings. The number of hydrogen-bond donors (Lipinski definition) is 2. The molecule has 2 N–H and O–H groups in total. The number of carbonyl (C=O) groups is 2. The Morgan fingerprint density at radius 1 is 1.31 bits per heavy atom. The summed E-state index contributed by atoms with van der Waals surface area (Å²) in [6, 6.07) is 3.39. The maximum atomic E-state index is 13.4. The van der Waals surface area contributed by atoms with Crippen LogP contribution < -0.4 is 15.4 Å². The Morgan fingerprint density at radius 2 is 2.07 bits per heavy atom. The highest BCUT2D eigenvalue weighted by atomic mass is 32.2. The molecule has 1 aromatic carbocycles. The topological polar surface area (TPSA) is 105 Å². The minimum absolute atomic E-state index is 0.0496. The highest BCUT2D eigenvalue weighted by Crippen LogP contribution is 2.36. The number of hydrogen-bond acceptors (Lipinski definition) is 5. The molecular weight excluding hydrogens is 394 g/mol. The molecule has 1 saturated heterocycles. The fraction of sp³-hybridized carbons (Fsp3) is 0.600. The number of aryl methyl sites for hydroxylation is 1. The lowest BCUT2D eigenvalue weighted by molar-refractivity contribution is -0.126. The molecule has 29 heavy (non-hydrogen) atoms. The Morgan fingerprint density at radius 3 is 2.76 bits per heavy atom. The van der Waals surface area contributed by atoms with Crippen LogP contribution in [0.3, 0.4) is 0 Å². The normalized spacial score (nSPS) is 25.0. The lowest BCUT2D eigenvalue weighted by Gasteiger charge is -2.32. The number of nitrogens with one attached hydrogen (secondary N) is 2. The van der Waals surface area contributed by atoms with Crippen LogP contribution in [0.25, 0.3) is 0 Å². The molecule has 2 heterocycles. The molecule has 3 aliphatic rings. The quantitative estimate of drug-likeness (QED) is 0.754. The zero-order chi connectivity index (χ0) is 20.8. The third kappa shape index (κ3) is 3.98. The predicted molar refractivity (Wildman–Crippen MR) is 107 cm³/mol. The predicted octanol–water partition coefficient (Wildman–Crippen LogP) is 1.78. The standard InChI is InChI=1S/C20H27N3O5S/c1-3-16-20(25)22-15-9-12(2)18(10-17(15)28-16)29(26,27)23-8-4-5-13(11-23)19(24)21-14-6-7-14/h9-10,13-14,16H,3-8,11H2,1-2H3,(H,21,24)(H,22,25)/t13-,16-/m1/s1. The monoisotopic (exact) mass is 421 g/mol. The van der Waals surface area contributed by atoms with E-state index in [0.29, 0.717) is 42.8 Å². The molecule has 0 spiro atoms. The second-order valence-corrected chi connectivity index (χ2v) is 10.0. The van der Waals surface area contributed by atoms with Crippen LogP contribution in [-0.4, -0.2) is 49.8 Å². The van der Waals surface area contributed by atoms with E-state index in [2.05, 4.69) is 10.6 Å². The van der Waals surface area contributed by atoms with E-state index in [4.69, 9.17) is 4.74 Å². The first kappa shape index (κ1) is 20.2. The molecule has 8 nitrogen and oxygen atoms in total. The van der Waals surface area contributed by atoms with Crippen molar-refractivity contribution in [1.29, 1.82) is 0 Å². The van der Waals surface area contributed by atoms with Gasteiger partial charge in [-0.15, -0.1) is 0 Å². The Bertz CT molecular complexity index is 942.